The summed E-state index contributed by atoms with van der Waals surface area (Å²) >= 11 is 5.21. The summed E-state index contributed by atoms with van der Waals surface area (Å²) in [4.78, 5) is 14.5. The second-order valence-corrected chi connectivity index (χ2v) is 8.10. The Balaban J connectivity index is 1.71. The monoisotopic (exact) mass is 465 g/mol. The fourth-order valence-electron chi connectivity index (χ4n) is 3.38. The van der Waals surface area contributed by atoms with Gasteiger partial charge in [-0.3, -0.25) is 10.1 Å². The summed E-state index contributed by atoms with van der Waals surface area (Å²) in [6.45, 7) is 5.48. The molecule has 1 heterocycles. The van der Waals surface area contributed by atoms with Crippen LogP contribution in [0.15, 0.2) is 42.5 Å². The summed E-state index contributed by atoms with van der Waals surface area (Å²) in [6, 6.07) is 10.1. The highest BCUT2D eigenvalue weighted by Crippen LogP contribution is 2.36. The Morgan fingerprint density at radius 2 is 1.81 bits per heavy atom. The third-order valence-corrected chi connectivity index (χ3v) is 5.48. The van der Waals surface area contributed by atoms with Crippen molar-refractivity contribution in [1.82, 2.24) is 5.32 Å². The van der Waals surface area contributed by atoms with Crippen molar-refractivity contribution in [1.29, 1.82) is 0 Å². The zero-order valence-electron chi connectivity index (χ0n) is 18.0. The van der Waals surface area contributed by atoms with Crippen LogP contribution in [0.1, 0.15) is 49.0 Å². The summed E-state index contributed by atoms with van der Waals surface area (Å²) in [7, 11) is 0. The van der Waals surface area contributed by atoms with Gasteiger partial charge in [0, 0.05) is 18.7 Å². The highest BCUT2D eigenvalue weighted by Gasteiger charge is 2.32. The van der Waals surface area contributed by atoms with Crippen molar-refractivity contribution in [2.75, 3.05) is 23.3 Å². The number of benzene rings is 2. The SMILES string of the molecule is CCC(C)Oc1ccc(C(=O)NC(=S)Nc2cc(C(F)(F)F)ccc2N2CCCC2)cc1. The Kier molecular flexibility index (Phi) is 7.60. The quantitative estimate of drug-likeness (QED) is 0.543. The average Bonchev–Trinajstić information content (AvgIpc) is 3.28. The van der Waals surface area contributed by atoms with E-state index in [0.717, 1.165) is 44.5 Å². The molecule has 172 valence electrons. The van der Waals surface area contributed by atoms with E-state index in [4.69, 9.17) is 17.0 Å². The minimum Gasteiger partial charge on any atom is -0.491 e. The number of halogens is 3. The fraction of sp³-hybridized carbons (Fsp3) is 0.391. The molecule has 9 heteroatoms. The standard InChI is InChI=1S/C23H26F3N3O2S/c1-3-15(2)31-18-9-6-16(7-10-18)21(30)28-22(32)27-19-14-17(23(24,25)26)8-11-20(19)29-12-4-5-13-29/h6-11,14-15H,3-5,12-13H2,1-2H3,(H2,27,28,30,32). The van der Waals surface area contributed by atoms with Gasteiger partial charge in [-0.2, -0.15) is 13.2 Å². The number of carbonyl (C=O) groups excluding carboxylic acids is 1. The van der Waals surface area contributed by atoms with Gasteiger partial charge in [0.1, 0.15) is 5.75 Å². The van der Waals surface area contributed by atoms with E-state index >= 15 is 0 Å². The van der Waals surface area contributed by atoms with Gasteiger partial charge >= 0.3 is 6.18 Å². The summed E-state index contributed by atoms with van der Waals surface area (Å²) in [5.74, 6) is 0.183. The number of amides is 1. The molecule has 2 aromatic carbocycles. The molecule has 32 heavy (non-hydrogen) atoms. The maximum Gasteiger partial charge on any atom is 0.416 e. The highest BCUT2D eigenvalue weighted by molar-refractivity contribution is 7.80. The van der Waals surface area contributed by atoms with Gasteiger partial charge in [-0.25, -0.2) is 0 Å². The van der Waals surface area contributed by atoms with Crippen LogP contribution in [0, 0.1) is 0 Å². The number of nitrogens with one attached hydrogen (secondary N) is 2. The third-order valence-electron chi connectivity index (χ3n) is 5.27. The Hall–Kier alpha value is -2.81. The molecule has 5 nitrogen and oxygen atoms in total. The minimum atomic E-state index is -4.48. The second kappa shape index (κ2) is 10.2. The van der Waals surface area contributed by atoms with Crippen LogP contribution in [0.5, 0.6) is 5.75 Å². The summed E-state index contributed by atoms with van der Waals surface area (Å²) < 4.78 is 45.4. The van der Waals surface area contributed by atoms with E-state index < -0.39 is 17.6 Å². The number of hydrogen-bond acceptors (Lipinski definition) is 4. The lowest BCUT2D eigenvalue weighted by molar-refractivity contribution is -0.137. The molecule has 2 aromatic rings. The molecule has 1 saturated heterocycles. The summed E-state index contributed by atoms with van der Waals surface area (Å²) in [6.07, 6.45) is -1.62. The molecule has 0 bridgehead atoms. The number of alkyl halides is 3. The van der Waals surface area contributed by atoms with Gasteiger partial charge in [0.15, 0.2) is 5.11 Å². The zero-order valence-corrected chi connectivity index (χ0v) is 18.8. The number of rotatable bonds is 6. The predicted molar refractivity (Wildman–Crippen MR) is 123 cm³/mol. The summed E-state index contributed by atoms with van der Waals surface area (Å²) in [5.41, 5.74) is 0.409. The second-order valence-electron chi connectivity index (χ2n) is 7.69. The van der Waals surface area contributed by atoms with Gasteiger partial charge in [-0.1, -0.05) is 6.92 Å². The lowest BCUT2D eigenvalue weighted by atomic mass is 10.1. The van der Waals surface area contributed by atoms with E-state index in [2.05, 4.69) is 10.6 Å². The Bertz CT molecular complexity index is 958. The first-order valence-corrected chi connectivity index (χ1v) is 10.9. The van der Waals surface area contributed by atoms with Crippen LogP contribution in [0.2, 0.25) is 0 Å². The van der Waals surface area contributed by atoms with Gasteiger partial charge in [-0.05, 0) is 80.9 Å². The maximum atomic E-state index is 13.2. The molecule has 0 spiro atoms. The van der Waals surface area contributed by atoms with Gasteiger partial charge in [-0.15, -0.1) is 0 Å². The average molecular weight is 466 g/mol. The lowest BCUT2D eigenvalue weighted by Crippen LogP contribution is -2.34. The molecule has 2 N–H and O–H groups in total. The number of ether oxygens (including phenoxy) is 1. The van der Waals surface area contributed by atoms with E-state index in [0.29, 0.717) is 17.0 Å². The van der Waals surface area contributed by atoms with Crippen LogP contribution in [-0.2, 0) is 6.18 Å². The first-order chi connectivity index (χ1) is 15.2. The van der Waals surface area contributed by atoms with E-state index in [9.17, 15) is 18.0 Å². The van der Waals surface area contributed by atoms with Crippen LogP contribution in [-0.4, -0.2) is 30.2 Å². The molecule has 1 amide bonds. The van der Waals surface area contributed by atoms with Crippen molar-refractivity contribution in [3.8, 4) is 5.75 Å². The lowest BCUT2D eigenvalue weighted by Gasteiger charge is -2.23. The topological polar surface area (TPSA) is 53.6 Å². The third kappa shape index (κ3) is 6.12. The molecular formula is C23H26F3N3O2S. The van der Waals surface area contributed by atoms with Crippen LogP contribution >= 0.6 is 12.2 Å². The molecule has 1 atom stereocenters. The van der Waals surface area contributed by atoms with Crippen molar-refractivity contribution in [3.05, 3.63) is 53.6 Å². The smallest absolute Gasteiger partial charge is 0.416 e. The fourth-order valence-corrected chi connectivity index (χ4v) is 3.58. The molecule has 1 aliphatic rings. The Morgan fingerprint density at radius 1 is 1.16 bits per heavy atom. The Morgan fingerprint density at radius 3 is 2.41 bits per heavy atom. The van der Waals surface area contributed by atoms with Crippen molar-refractivity contribution in [2.24, 2.45) is 0 Å². The normalized spacial score (nSPS) is 14.7. The van der Waals surface area contributed by atoms with Crippen LogP contribution in [0.3, 0.4) is 0 Å². The van der Waals surface area contributed by atoms with Crippen molar-refractivity contribution >= 4 is 34.6 Å². The van der Waals surface area contributed by atoms with Crippen LogP contribution in [0.25, 0.3) is 0 Å². The summed E-state index contributed by atoms with van der Waals surface area (Å²) in [5, 5.41) is 5.24. The van der Waals surface area contributed by atoms with Crippen molar-refractivity contribution in [2.45, 2.75) is 45.4 Å². The van der Waals surface area contributed by atoms with Crippen LogP contribution in [0.4, 0.5) is 24.5 Å². The molecule has 1 fully saturated rings. The van der Waals surface area contributed by atoms with E-state index in [1.54, 1.807) is 24.3 Å². The molecule has 1 unspecified atom stereocenters. The maximum absolute atomic E-state index is 13.2. The number of hydrogen-bond donors (Lipinski definition) is 2. The largest absolute Gasteiger partial charge is 0.491 e. The number of anilines is 2. The number of thiocarbonyl (C=S) groups is 1. The Labute approximate surface area is 190 Å². The molecule has 3 rings (SSSR count). The number of carbonyl (C=O) groups is 1. The van der Waals surface area contributed by atoms with E-state index in [1.165, 1.54) is 6.07 Å². The predicted octanol–water partition coefficient (Wildman–Crippen LogP) is 5.61. The van der Waals surface area contributed by atoms with Crippen molar-refractivity contribution in [3.63, 3.8) is 0 Å². The van der Waals surface area contributed by atoms with Gasteiger partial charge < -0.3 is 15.0 Å². The highest BCUT2D eigenvalue weighted by atomic mass is 32.1. The van der Waals surface area contributed by atoms with E-state index in [1.807, 2.05) is 18.7 Å². The van der Waals surface area contributed by atoms with Crippen molar-refractivity contribution < 1.29 is 22.7 Å². The van der Waals surface area contributed by atoms with Gasteiger partial charge in [0.2, 0.25) is 0 Å². The first kappa shape index (κ1) is 23.8. The van der Waals surface area contributed by atoms with Crippen LogP contribution < -0.4 is 20.3 Å². The minimum absolute atomic E-state index is 0.0590. The van der Waals surface area contributed by atoms with E-state index in [-0.39, 0.29) is 16.9 Å². The van der Waals surface area contributed by atoms with Gasteiger partial charge in [0.05, 0.1) is 23.0 Å². The first-order valence-electron chi connectivity index (χ1n) is 10.5. The molecule has 1 aliphatic heterocycles. The molecular weight excluding hydrogens is 439 g/mol. The molecule has 0 aliphatic carbocycles. The molecule has 0 radical (unpaired) electrons. The zero-order chi connectivity index (χ0) is 23.3. The number of nitrogens with zero attached hydrogens (tertiary/aromatic N) is 1. The molecule has 0 saturated carbocycles. The van der Waals surface area contributed by atoms with Gasteiger partial charge in [0.25, 0.3) is 5.91 Å². The molecule has 0 aromatic heterocycles.